The molecule has 0 aliphatic rings. The molecule has 2 rings (SSSR count). The van der Waals surface area contributed by atoms with Gasteiger partial charge in [0.05, 0.1) is 0 Å². The van der Waals surface area contributed by atoms with E-state index in [0.29, 0.717) is 23.2 Å². The van der Waals surface area contributed by atoms with Gasteiger partial charge >= 0.3 is 12.1 Å². The van der Waals surface area contributed by atoms with Crippen molar-refractivity contribution in [2.45, 2.75) is 25.6 Å². The number of halogens is 4. The van der Waals surface area contributed by atoms with Crippen LogP contribution in [-0.4, -0.2) is 18.0 Å². The number of hydrogen-bond donors (Lipinski definition) is 2. The molecule has 0 bridgehead atoms. The van der Waals surface area contributed by atoms with Crippen LogP contribution in [0.4, 0.5) is 23.2 Å². The van der Waals surface area contributed by atoms with Gasteiger partial charge in [-0.25, -0.2) is 4.39 Å². The third kappa shape index (κ3) is 6.19. The molecule has 26 heavy (non-hydrogen) atoms. The van der Waals surface area contributed by atoms with Gasteiger partial charge < -0.3 is 10.6 Å². The van der Waals surface area contributed by atoms with Crippen LogP contribution >= 0.6 is 0 Å². The Morgan fingerprint density at radius 1 is 0.962 bits per heavy atom. The van der Waals surface area contributed by atoms with Crippen molar-refractivity contribution in [1.82, 2.24) is 5.32 Å². The van der Waals surface area contributed by atoms with E-state index in [1.165, 1.54) is 24.3 Å². The first-order valence-corrected chi connectivity index (χ1v) is 7.72. The first-order chi connectivity index (χ1) is 12.2. The van der Waals surface area contributed by atoms with Gasteiger partial charge in [-0.05, 0) is 41.8 Å². The molecule has 0 atom stereocenters. The van der Waals surface area contributed by atoms with Crippen LogP contribution in [0, 0.1) is 5.82 Å². The number of benzene rings is 2. The van der Waals surface area contributed by atoms with Crippen molar-refractivity contribution in [3.63, 3.8) is 0 Å². The molecule has 0 aliphatic heterocycles. The molecule has 0 saturated carbocycles. The SMILES string of the molecule is O=C(CCc1cccc(F)c1)Nc1cccc(CNC(=O)C(F)(F)F)c1. The fourth-order valence-electron chi connectivity index (χ4n) is 2.22. The Kier molecular flexibility index (Phi) is 6.32. The van der Waals surface area contributed by atoms with Gasteiger partial charge in [-0.15, -0.1) is 0 Å². The second kappa shape index (κ2) is 8.46. The van der Waals surface area contributed by atoms with Gasteiger partial charge in [0.1, 0.15) is 5.82 Å². The zero-order valence-corrected chi connectivity index (χ0v) is 13.6. The fourth-order valence-corrected chi connectivity index (χ4v) is 2.22. The summed E-state index contributed by atoms with van der Waals surface area (Å²) in [5, 5.41) is 4.38. The average Bonchev–Trinajstić information content (AvgIpc) is 2.57. The fraction of sp³-hybridized carbons (Fsp3) is 0.222. The topological polar surface area (TPSA) is 58.2 Å². The summed E-state index contributed by atoms with van der Waals surface area (Å²) in [7, 11) is 0. The normalized spacial score (nSPS) is 11.1. The van der Waals surface area contributed by atoms with Gasteiger partial charge in [-0.1, -0.05) is 24.3 Å². The maximum absolute atomic E-state index is 13.1. The van der Waals surface area contributed by atoms with Crippen LogP contribution in [0.2, 0.25) is 0 Å². The predicted octanol–water partition coefficient (Wildman–Crippen LogP) is 3.58. The van der Waals surface area contributed by atoms with Crippen molar-refractivity contribution < 1.29 is 27.2 Å². The average molecular weight is 368 g/mol. The van der Waals surface area contributed by atoms with Crippen LogP contribution in [0.3, 0.4) is 0 Å². The Morgan fingerprint density at radius 3 is 2.35 bits per heavy atom. The van der Waals surface area contributed by atoms with Gasteiger partial charge in [-0.3, -0.25) is 9.59 Å². The molecule has 2 amide bonds. The summed E-state index contributed by atoms with van der Waals surface area (Å²) in [6.07, 6.45) is -4.47. The molecule has 2 aromatic rings. The van der Waals surface area contributed by atoms with E-state index < -0.39 is 12.1 Å². The summed E-state index contributed by atoms with van der Waals surface area (Å²) in [5.74, 6) is -2.72. The number of amides is 2. The molecule has 0 saturated heterocycles. The lowest BCUT2D eigenvalue weighted by Gasteiger charge is -2.10. The maximum Gasteiger partial charge on any atom is 0.471 e. The Bertz CT molecular complexity index is 791. The van der Waals surface area contributed by atoms with E-state index in [2.05, 4.69) is 5.32 Å². The van der Waals surface area contributed by atoms with Crippen LogP contribution in [0.1, 0.15) is 17.5 Å². The van der Waals surface area contributed by atoms with Crippen molar-refractivity contribution >= 4 is 17.5 Å². The minimum Gasteiger partial charge on any atom is -0.344 e. The monoisotopic (exact) mass is 368 g/mol. The van der Waals surface area contributed by atoms with Crippen LogP contribution in [-0.2, 0) is 22.6 Å². The number of nitrogens with one attached hydrogen (secondary N) is 2. The highest BCUT2D eigenvalue weighted by Gasteiger charge is 2.38. The number of hydrogen-bond acceptors (Lipinski definition) is 2. The van der Waals surface area contributed by atoms with Crippen molar-refractivity contribution in [2.24, 2.45) is 0 Å². The zero-order valence-electron chi connectivity index (χ0n) is 13.6. The molecular weight excluding hydrogens is 352 g/mol. The molecule has 4 nitrogen and oxygen atoms in total. The van der Waals surface area contributed by atoms with E-state index in [-0.39, 0.29) is 24.7 Å². The quantitative estimate of drug-likeness (QED) is 0.766. The molecular formula is C18H16F4N2O2. The minimum absolute atomic E-state index is 0.124. The Labute approximate surface area is 147 Å². The lowest BCUT2D eigenvalue weighted by Crippen LogP contribution is -2.36. The summed E-state index contributed by atoms with van der Waals surface area (Å²) in [5.41, 5.74) is 1.49. The molecule has 8 heteroatoms. The van der Waals surface area contributed by atoms with E-state index >= 15 is 0 Å². The third-order valence-electron chi connectivity index (χ3n) is 3.45. The van der Waals surface area contributed by atoms with E-state index in [1.54, 1.807) is 29.6 Å². The number of rotatable bonds is 6. The summed E-state index contributed by atoms with van der Waals surface area (Å²) in [6.45, 7) is -0.314. The van der Waals surface area contributed by atoms with E-state index in [0.717, 1.165) is 0 Å². The smallest absolute Gasteiger partial charge is 0.344 e. The zero-order chi connectivity index (χ0) is 19.2. The maximum atomic E-state index is 13.1. The third-order valence-corrected chi connectivity index (χ3v) is 3.45. The van der Waals surface area contributed by atoms with Gasteiger partial charge in [-0.2, -0.15) is 13.2 Å². The Morgan fingerprint density at radius 2 is 1.65 bits per heavy atom. The van der Waals surface area contributed by atoms with Gasteiger partial charge in [0.15, 0.2) is 0 Å². The Hall–Kier alpha value is -2.90. The van der Waals surface area contributed by atoms with Crippen molar-refractivity contribution in [3.05, 3.63) is 65.5 Å². The summed E-state index contributed by atoms with van der Waals surface area (Å²) in [6, 6.07) is 12.0. The highest BCUT2D eigenvalue weighted by atomic mass is 19.4. The lowest BCUT2D eigenvalue weighted by atomic mass is 10.1. The summed E-state index contributed by atoms with van der Waals surface area (Å²) >= 11 is 0. The first kappa shape index (κ1) is 19.4. The van der Waals surface area contributed by atoms with Crippen molar-refractivity contribution in [1.29, 1.82) is 0 Å². The molecule has 0 aliphatic carbocycles. The molecule has 2 aromatic carbocycles. The molecule has 0 aromatic heterocycles. The van der Waals surface area contributed by atoms with Gasteiger partial charge in [0.25, 0.3) is 0 Å². The summed E-state index contributed by atoms with van der Waals surface area (Å²) in [4.78, 5) is 22.8. The van der Waals surface area contributed by atoms with Crippen LogP contribution in [0.15, 0.2) is 48.5 Å². The molecule has 0 spiro atoms. The number of carbonyl (C=O) groups is 2. The second-order valence-electron chi connectivity index (χ2n) is 5.56. The molecule has 0 unspecified atom stereocenters. The highest BCUT2D eigenvalue weighted by Crippen LogP contribution is 2.16. The van der Waals surface area contributed by atoms with E-state index in [9.17, 15) is 27.2 Å². The summed E-state index contributed by atoms with van der Waals surface area (Å²) < 4.78 is 49.6. The number of anilines is 1. The molecule has 0 heterocycles. The second-order valence-corrected chi connectivity index (χ2v) is 5.56. The molecule has 0 radical (unpaired) electrons. The Balaban J connectivity index is 1.87. The van der Waals surface area contributed by atoms with Crippen molar-refractivity contribution in [2.75, 3.05) is 5.32 Å². The molecule has 138 valence electrons. The predicted molar refractivity (Wildman–Crippen MR) is 87.7 cm³/mol. The number of aryl methyl sites for hydroxylation is 1. The highest BCUT2D eigenvalue weighted by molar-refractivity contribution is 5.90. The van der Waals surface area contributed by atoms with Crippen LogP contribution < -0.4 is 10.6 Å². The molecule has 2 N–H and O–H groups in total. The van der Waals surface area contributed by atoms with Crippen molar-refractivity contribution in [3.8, 4) is 0 Å². The standard InChI is InChI=1S/C18H16F4N2O2/c19-14-5-1-3-12(9-14)7-8-16(25)24-15-6-2-4-13(10-15)11-23-17(26)18(20,21)22/h1-6,9-10H,7-8,11H2,(H,23,26)(H,24,25). The lowest BCUT2D eigenvalue weighted by molar-refractivity contribution is -0.173. The first-order valence-electron chi connectivity index (χ1n) is 7.72. The largest absolute Gasteiger partial charge is 0.471 e. The van der Waals surface area contributed by atoms with E-state index in [4.69, 9.17) is 0 Å². The van der Waals surface area contributed by atoms with E-state index in [1.807, 2.05) is 0 Å². The number of alkyl halides is 3. The molecule has 0 fully saturated rings. The number of carbonyl (C=O) groups excluding carboxylic acids is 2. The van der Waals surface area contributed by atoms with Gasteiger partial charge in [0.2, 0.25) is 5.91 Å². The van der Waals surface area contributed by atoms with Gasteiger partial charge in [0, 0.05) is 18.7 Å². The van der Waals surface area contributed by atoms with Crippen LogP contribution in [0.5, 0.6) is 0 Å². The minimum atomic E-state index is -4.94. The van der Waals surface area contributed by atoms with Crippen LogP contribution in [0.25, 0.3) is 0 Å².